The number of nitrogens with zero attached hydrogens (tertiary/aromatic N) is 2. The van der Waals surface area contributed by atoms with Gasteiger partial charge in [0.1, 0.15) is 0 Å². The summed E-state index contributed by atoms with van der Waals surface area (Å²) in [4.78, 5) is 26.8. The zero-order valence-corrected chi connectivity index (χ0v) is 32.1. The lowest BCUT2D eigenvalue weighted by molar-refractivity contribution is -0.124. The molecule has 0 bridgehead atoms. The third kappa shape index (κ3) is 6.89. The van der Waals surface area contributed by atoms with E-state index in [-0.39, 0.29) is 33.5 Å². The van der Waals surface area contributed by atoms with Crippen molar-refractivity contribution in [2.45, 2.75) is 63.2 Å². The van der Waals surface area contributed by atoms with Crippen molar-refractivity contribution in [1.82, 2.24) is 0 Å². The lowest BCUT2D eigenvalue weighted by Crippen LogP contribution is -2.48. The SMILES string of the molecule is C=C[C@@H]1c2ccccc2N(S(=O)(=O)c2ccc(C)cc2)C(=O)[C@H]1C(C)C.C=C[C@@H]1c2ccccc2N(S(=O)(=O)c2ccc(C)cc2)C(=O)[C@H]1C(C)C. The van der Waals surface area contributed by atoms with Gasteiger partial charge in [0.25, 0.3) is 20.0 Å². The highest BCUT2D eigenvalue weighted by Gasteiger charge is 2.47. The molecule has 272 valence electrons. The van der Waals surface area contributed by atoms with Gasteiger partial charge in [-0.15, -0.1) is 13.2 Å². The Bertz CT molecular complexity index is 2050. The van der Waals surface area contributed by atoms with Crippen LogP contribution in [0.25, 0.3) is 0 Å². The minimum absolute atomic E-state index is 0.0189. The number of fused-ring (bicyclic) bond motifs is 2. The van der Waals surface area contributed by atoms with Crippen LogP contribution < -0.4 is 8.61 Å². The minimum atomic E-state index is -3.99. The number of benzene rings is 4. The van der Waals surface area contributed by atoms with Crippen molar-refractivity contribution in [1.29, 1.82) is 0 Å². The molecule has 2 aliphatic rings. The fourth-order valence-electron chi connectivity index (χ4n) is 7.18. The summed E-state index contributed by atoms with van der Waals surface area (Å²) in [7, 11) is -7.98. The van der Waals surface area contributed by atoms with Crippen LogP contribution in [0.5, 0.6) is 0 Å². The molecule has 4 aromatic carbocycles. The maximum atomic E-state index is 13.3. The fourth-order valence-corrected chi connectivity index (χ4v) is 10.1. The van der Waals surface area contributed by atoms with E-state index in [1.165, 1.54) is 0 Å². The average Bonchev–Trinajstić information content (AvgIpc) is 3.10. The van der Waals surface area contributed by atoms with Gasteiger partial charge in [-0.3, -0.25) is 9.59 Å². The first-order valence-corrected chi connectivity index (χ1v) is 20.2. The van der Waals surface area contributed by atoms with Gasteiger partial charge in [0.2, 0.25) is 11.8 Å². The molecule has 10 heteroatoms. The third-order valence-electron chi connectivity index (χ3n) is 9.84. The molecule has 8 nitrogen and oxygen atoms in total. The van der Waals surface area contributed by atoms with Crippen LogP contribution in [0.15, 0.2) is 132 Å². The highest BCUT2D eigenvalue weighted by molar-refractivity contribution is 7.94. The quantitative estimate of drug-likeness (QED) is 0.168. The number of carbonyl (C=O) groups is 2. The van der Waals surface area contributed by atoms with Gasteiger partial charge in [-0.25, -0.2) is 25.4 Å². The van der Waals surface area contributed by atoms with E-state index in [9.17, 15) is 26.4 Å². The monoisotopic (exact) mass is 738 g/mol. The lowest BCUT2D eigenvalue weighted by atomic mass is 9.76. The van der Waals surface area contributed by atoms with E-state index in [4.69, 9.17) is 0 Å². The van der Waals surface area contributed by atoms with E-state index < -0.39 is 43.7 Å². The number of sulfonamides is 2. The summed E-state index contributed by atoms with van der Waals surface area (Å²) in [6.07, 6.45) is 3.49. The normalized spacial score (nSPS) is 20.2. The predicted octanol–water partition coefficient (Wildman–Crippen LogP) is 8.54. The Morgan fingerprint density at radius 3 is 1.13 bits per heavy atom. The van der Waals surface area contributed by atoms with E-state index in [1.807, 2.05) is 65.8 Å². The molecule has 0 aromatic heterocycles. The molecule has 0 radical (unpaired) electrons. The van der Waals surface area contributed by atoms with Gasteiger partial charge >= 0.3 is 0 Å². The molecule has 2 amide bonds. The first-order valence-electron chi connectivity index (χ1n) is 17.3. The molecule has 0 aliphatic carbocycles. The van der Waals surface area contributed by atoms with Crippen LogP contribution in [0.2, 0.25) is 0 Å². The molecule has 0 N–H and O–H groups in total. The number of amides is 2. The highest BCUT2D eigenvalue weighted by Crippen LogP contribution is 2.46. The van der Waals surface area contributed by atoms with E-state index in [0.717, 1.165) is 30.9 Å². The van der Waals surface area contributed by atoms with Gasteiger partial charge in [-0.1, -0.05) is 112 Å². The van der Waals surface area contributed by atoms with Gasteiger partial charge < -0.3 is 0 Å². The molecule has 2 heterocycles. The van der Waals surface area contributed by atoms with E-state index in [0.29, 0.717) is 11.4 Å². The number of rotatable bonds is 8. The van der Waals surface area contributed by atoms with Crippen molar-refractivity contribution >= 4 is 43.2 Å². The smallest absolute Gasteiger partial charge is 0.270 e. The van der Waals surface area contributed by atoms with Crippen LogP contribution in [0.3, 0.4) is 0 Å². The Balaban J connectivity index is 0.000000201. The first kappa shape index (κ1) is 38.4. The molecule has 4 atom stereocenters. The maximum absolute atomic E-state index is 13.3. The summed E-state index contributed by atoms with van der Waals surface area (Å²) < 4.78 is 55.2. The van der Waals surface area contributed by atoms with Gasteiger partial charge in [-0.05, 0) is 73.2 Å². The standard InChI is InChI=1S/2C21H23NO3S/c2*1-5-17-18-8-6-7-9-19(18)22(21(23)20(17)14(2)3)26(24,25)16-12-10-15(4)11-13-16/h2*5-14,17,20H,1H2,2-4H3/t2*17-,20+/m11/s1. The Hall–Kier alpha value is -4.80. The van der Waals surface area contributed by atoms with Crippen LogP contribution in [-0.2, 0) is 29.6 Å². The van der Waals surface area contributed by atoms with E-state index in [2.05, 4.69) is 13.2 Å². The minimum Gasteiger partial charge on any atom is -0.273 e. The number of aryl methyl sites for hydroxylation is 2. The second-order valence-electron chi connectivity index (χ2n) is 14.0. The Morgan fingerprint density at radius 2 is 0.846 bits per heavy atom. The van der Waals surface area contributed by atoms with Crippen LogP contribution in [0.1, 0.15) is 61.8 Å². The zero-order valence-electron chi connectivity index (χ0n) is 30.4. The van der Waals surface area contributed by atoms with Crippen LogP contribution in [0.4, 0.5) is 11.4 Å². The van der Waals surface area contributed by atoms with E-state index in [1.54, 1.807) is 84.9 Å². The van der Waals surface area contributed by atoms with Gasteiger partial charge in [0.05, 0.1) is 33.0 Å². The van der Waals surface area contributed by atoms with Crippen molar-refractivity contribution in [3.05, 3.63) is 145 Å². The largest absolute Gasteiger partial charge is 0.273 e. The molecular weight excluding hydrogens is 693 g/mol. The molecule has 4 aromatic rings. The molecular formula is C42H46N2O6S2. The fraction of sp³-hybridized carbons (Fsp3) is 0.286. The topological polar surface area (TPSA) is 109 Å². The van der Waals surface area contributed by atoms with Crippen molar-refractivity contribution in [2.75, 3.05) is 8.61 Å². The molecule has 0 unspecified atom stereocenters. The summed E-state index contributed by atoms with van der Waals surface area (Å²) in [5, 5.41) is 0. The number of carbonyl (C=O) groups excluding carboxylic acids is 2. The van der Waals surface area contributed by atoms with Gasteiger partial charge in [0.15, 0.2) is 0 Å². The van der Waals surface area contributed by atoms with Crippen molar-refractivity contribution in [3.63, 3.8) is 0 Å². The molecule has 0 saturated carbocycles. The first-order chi connectivity index (χ1) is 24.6. The molecule has 2 aliphatic heterocycles. The van der Waals surface area contributed by atoms with Crippen LogP contribution >= 0.6 is 0 Å². The third-order valence-corrected chi connectivity index (χ3v) is 13.3. The molecule has 0 fully saturated rings. The van der Waals surface area contributed by atoms with Crippen LogP contribution in [-0.4, -0.2) is 28.6 Å². The second kappa shape index (κ2) is 15.0. The molecule has 6 rings (SSSR count). The summed E-state index contributed by atoms with van der Waals surface area (Å²) in [6.45, 7) is 19.3. The number of allylic oxidation sites excluding steroid dienone is 2. The second-order valence-corrected chi connectivity index (χ2v) is 17.6. The van der Waals surface area contributed by atoms with Crippen molar-refractivity contribution in [2.24, 2.45) is 23.7 Å². The molecule has 0 spiro atoms. The summed E-state index contributed by atoms with van der Waals surface area (Å²) in [6, 6.07) is 27.5. The maximum Gasteiger partial charge on any atom is 0.270 e. The Labute approximate surface area is 308 Å². The Morgan fingerprint density at radius 1 is 0.538 bits per heavy atom. The number of hydrogen-bond donors (Lipinski definition) is 0. The molecule has 52 heavy (non-hydrogen) atoms. The number of hydrogen-bond acceptors (Lipinski definition) is 6. The van der Waals surface area contributed by atoms with E-state index >= 15 is 0 Å². The van der Waals surface area contributed by atoms with Gasteiger partial charge in [0, 0.05) is 11.8 Å². The highest BCUT2D eigenvalue weighted by atomic mass is 32.2. The van der Waals surface area contributed by atoms with Crippen molar-refractivity contribution in [3.8, 4) is 0 Å². The van der Waals surface area contributed by atoms with Crippen LogP contribution in [0, 0.1) is 37.5 Å². The van der Waals surface area contributed by atoms with Gasteiger partial charge in [-0.2, -0.15) is 0 Å². The molecule has 0 saturated heterocycles. The number of para-hydroxylation sites is 2. The van der Waals surface area contributed by atoms with Crippen molar-refractivity contribution < 1.29 is 26.4 Å². The number of anilines is 2. The summed E-state index contributed by atoms with van der Waals surface area (Å²) >= 11 is 0. The summed E-state index contributed by atoms with van der Waals surface area (Å²) in [5.41, 5.74) is 4.38. The Kier molecular flexibility index (Phi) is 11.1. The zero-order chi connectivity index (χ0) is 38.1. The lowest BCUT2D eigenvalue weighted by Gasteiger charge is -2.39. The summed E-state index contributed by atoms with van der Waals surface area (Å²) in [5.74, 6) is -2.19. The predicted molar refractivity (Wildman–Crippen MR) is 207 cm³/mol. The average molecular weight is 739 g/mol.